The van der Waals surface area contributed by atoms with Gasteiger partial charge in [0, 0.05) is 18.9 Å². The second-order valence-corrected chi connectivity index (χ2v) is 7.62. The van der Waals surface area contributed by atoms with Crippen molar-refractivity contribution in [3.8, 4) is 11.5 Å². The molecule has 1 unspecified atom stereocenters. The van der Waals surface area contributed by atoms with Gasteiger partial charge in [-0.25, -0.2) is 12.8 Å². The highest BCUT2D eigenvalue weighted by Crippen LogP contribution is 2.36. The third kappa shape index (κ3) is 4.07. The van der Waals surface area contributed by atoms with E-state index in [2.05, 4.69) is 19.2 Å². The van der Waals surface area contributed by atoms with Crippen molar-refractivity contribution in [2.75, 3.05) is 26.0 Å². The van der Waals surface area contributed by atoms with Crippen molar-refractivity contribution < 1.29 is 22.3 Å². The molecule has 1 N–H and O–H groups in total. The van der Waals surface area contributed by atoms with Crippen LogP contribution >= 0.6 is 0 Å². The number of fused-ring (bicyclic) bond motifs is 1. The number of sulfone groups is 1. The Morgan fingerprint density at radius 3 is 2.76 bits per heavy atom. The van der Waals surface area contributed by atoms with Gasteiger partial charge in [0.1, 0.15) is 12.7 Å². The molecule has 1 aliphatic heterocycles. The maximum atomic E-state index is 13.9. The molecular formula is C14H20FNO4S. The molecule has 0 saturated heterocycles. The van der Waals surface area contributed by atoms with E-state index < -0.39 is 15.7 Å². The summed E-state index contributed by atoms with van der Waals surface area (Å²) in [5.74, 6) is -0.0990. The van der Waals surface area contributed by atoms with Gasteiger partial charge in [0.25, 0.3) is 0 Å². The predicted octanol–water partition coefficient (Wildman–Crippen LogP) is 1.61. The first-order valence-electron chi connectivity index (χ1n) is 6.81. The van der Waals surface area contributed by atoms with Crippen molar-refractivity contribution in [2.45, 2.75) is 24.8 Å². The quantitative estimate of drug-likeness (QED) is 0.894. The van der Waals surface area contributed by atoms with Crippen LogP contribution < -0.4 is 14.8 Å². The molecule has 0 spiro atoms. The topological polar surface area (TPSA) is 64.6 Å². The Balaban J connectivity index is 2.14. The summed E-state index contributed by atoms with van der Waals surface area (Å²) >= 11 is 0. The van der Waals surface area contributed by atoms with Crippen molar-refractivity contribution >= 4 is 9.84 Å². The van der Waals surface area contributed by atoms with Gasteiger partial charge in [-0.3, -0.25) is 0 Å². The van der Waals surface area contributed by atoms with Crippen LogP contribution in [0.3, 0.4) is 0 Å². The van der Waals surface area contributed by atoms with Crippen molar-refractivity contribution in [3.63, 3.8) is 0 Å². The second kappa shape index (κ2) is 6.19. The molecule has 0 saturated carbocycles. The first kappa shape index (κ1) is 16.0. The minimum Gasteiger partial charge on any atom is -0.483 e. The Labute approximate surface area is 124 Å². The third-order valence-electron chi connectivity index (χ3n) is 3.04. The largest absolute Gasteiger partial charge is 0.483 e. The van der Waals surface area contributed by atoms with Crippen LogP contribution in [0.25, 0.3) is 0 Å². The Morgan fingerprint density at radius 1 is 1.43 bits per heavy atom. The molecule has 0 fully saturated rings. The maximum absolute atomic E-state index is 13.9. The highest BCUT2D eigenvalue weighted by atomic mass is 32.2. The first-order valence-corrected chi connectivity index (χ1v) is 8.70. The van der Waals surface area contributed by atoms with Crippen LogP contribution in [0.15, 0.2) is 17.0 Å². The number of rotatable bonds is 5. The third-order valence-corrected chi connectivity index (χ3v) is 4.13. The molecule has 0 amide bonds. The number of ether oxygens (including phenoxy) is 2. The SMILES string of the molecule is CC(C)CNCC1COc2c(F)cc(S(C)(=O)=O)cc2O1. The van der Waals surface area contributed by atoms with E-state index in [1.54, 1.807) is 0 Å². The average molecular weight is 317 g/mol. The average Bonchev–Trinajstić information content (AvgIpc) is 2.36. The molecule has 0 radical (unpaired) electrons. The van der Waals surface area contributed by atoms with Crippen LogP contribution in [0.5, 0.6) is 11.5 Å². The van der Waals surface area contributed by atoms with E-state index in [0.717, 1.165) is 18.9 Å². The molecule has 0 aromatic heterocycles. The first-order chi connectivity index (χ1) is 9.77. The van der Waals surface area contributed by atoms with Gasteiger partial charge in [0.2, 0.25) is 0 Å². The Bertz CT molecular complexity index is 616. The normalized spacial score (nSPS) is 18.0. The van der Waals surface area contributed by atoms with Crippen molar-refractivity contribution in [1.29, 1.82) is 0 Å². The summed E-state index contributed by atoms with van der Waals surface area (Å²) in [5.41, 5.74) is 0. The number of hydrogen-bond donors (Lipinski definition) is 1. The molecule has 1 atom stereocenters. The molecule has 1 aromatic rings. The molecule has 0 aliphatic carbocycles. The standard InChI is InChI=1S/C14H20FNO4S/c1-9(2)6-16-7-10-8-19-14-12(15)4-11(21(3,17)18)5-13(14)20-10/h4-5,9-10,16H,6-8H2,1-3H3. The highest BCUT2D eigenvalue weighted by molar-refractivity contribution is 7.90. The highest BCUT2D eigenvalue weighted by Gasteiger charge is 2.26. The maximum Gasteiger partial charge on any atom is 0.197 e. The van der Waals surface area contributed by atoms with Gasteiger partial charge in [-0.1, -0.05) is 13.8 Å². The summed E-state index contributed by atoms with van der Waals surface area (Å²) in [7, 11) is -3.50. The van der Waals surface area contributed by atoms with Gasteiger partial charge in [-0.2, -0.15) is 0 Å². The zero-order chi connectivity index (χ0) is 15.6. The summed E-state index contributed by atoms with van der Waals surface area (Å²) in [5, 5.41) is 3.23. The summed E-state index contributed by atoms with van der Waals surface area (Å²) in [6, 6.07) is 2.26. The van der Waals surface area contributed by atoms with Crippen LogP contribution in [-0.4, -0.2) is 40.5 Å². The monoisotopic (exact) mass is 317 g/mol. The molecule has 118 valence electrons. The van der Waals surface area contributed by atoms with Crippen LogP contribution in [0, 0.1) is 11.7 Å². The molecule has 7 heteroatoms. The molecule has 21 heavy (non-hydrogen) atoms. The van der Waals surface area contributed by atoms with E-state index >= 15 is 0 Å². The lowest BCUT2D eigenvalue weighted by Gasteiger charge is -2.27. The van der Waals surface area contributed by atoms with Crippen LogP contribution in [0.4, 0.5) is 4.39 Å². The van der Waals surface area contributed by atoms with Crippen LogP contribution in [-0.2, 0) is 9.84 Å². The van der Waals surface area contributed by atoms with E-state index in [-0.39, 0.29) is 29.1 Å². The van der Waals surface area contributed by atoms with E-state index in [0.29, 0.717) is 12.5 Å². The predicted molar refractivity (Wildman–Crippen MR) is 77.1 cm³/mol. The molecule has 2 rings (SSSR count). The number of hydrogen-bond acceptors (Lipinski definition) is 5. The van der Waals surface area contributed by atoms with Crippen molar-refractivity contribution in [1.82, 2.24) is 5.32 Å². The fourth-order valence-corrected chi connectivity index (χ4v) is 2.65. The van der Waals surface area contributed by atoms with Gasteiger partial charge >= 0.3 is 0 Å². The molecule has 1 aromatic carbocycles. The lowest BCUT2D eigenvalue weighted by atomic mass is 10.2. The molecular weight excluding hydrogens is 297 g/mol. The minimum absolute atomic E-state index is 0.0255. The summed E-state index contributed by atoms with van der Waals surface area (Å²) in [6.07, 6.45) is 0.755. The molecule has 1 heterocycles. The van der Waals surface area contributed by atoms with Crippen molar-refractivity contribution in [2.24, 2.45) is 5.92 Å². The summed E-state index contributed by atoms with van der Waals surface area (Å²) in [4.78, 5) is -0.113. The Morgan fingerprint density at radius 2 is 2.14 bits per heavy atom. The van der Waals surface area contributed by atoms with E-state index in [4.69, 9.17) is 9.47 Å². The van der Waals surface area contributed by atoms with Crippen LogP contribution in [0.1, 0.15) is 13.8 Å². The molecule has 0 bridgehead atoms. The van der Waals surface area contributed by atoms with Gasteiger partial charge in [0.05, 0.1) is 4.90 Å². The fraction of sp³-hybridized carbons (Fsp3) is 0.571. The van der Waals surface area contributed by atoms with Gasteiger partial charge < -0.3 is 14.8 Å². The summed E-state index contributed by atoms with van der Waals surface area (Å²) < 4.78 is 47.9. The lowest BCUT2D eigenvalue weighted by molar-refractivity contribution is 0.0853. The zero-order valence-corrected chi connectivity index (χ0v) is 13.2. The van der Waals surface area contributed by atoms with Gasteiger partial charge in [0.15, 0.2) is 27.2 Å². The van der Waals surface area contributed by atoms with Gasteiger partial charge in [-0.05, 0) is 18.5 Å². The Hall–Kier alpha value is -1.34. The minimum atomic E-state index is -3.50. The van der Waals surface area contributed by atoms with E-state index in [1.165, 1.54) is 6.07 Å². The summed E-state index contributed by atoms with van der Waals surface area (Å²) in [6.45, 7) is 5.81. The van der Waals surface area contributed by atoms with E-state index in [1.807, 2.05) is 0 Å². The Kier molecular flexibility index (Phi) is 4.73. The molecule has 5 nitrogen and oxygen atoms in total. The second-order valence-electron chi connectivity index (χ2n) is 5.61. The number of nitrogens with one attached hydrogen (secondary N) is 1. The van der Waals surface area contributed by atoms with E-state index in [9.17, 15) is 12.8 Å². The number of halogens is 1. The number of benzene rings is 1. The van der Waals surface area contributed by atoms with Crippen molar-refractivity contribution in [3.05, 3.63) is 17.9 Å². The van der Waals surface area contributed by atoms with Gasteiger partial charge in [-0.15, -0.1) is 0 Å². The zero-order valence-electron chi connectivity index (χ0n) is 12.3. The molecule has 1 aliphatic rings. The smallest absolute Gasteiger partial charge is 0.197 e. The fourth-order valence-electron chi connectivity index (χ4n) is 2.01. The van der Waals surface area contributed by atoms with Crippen LogP contribution in [0.2, 0.25) is 0 Å². The lowest BCUT2D eigenvalue weighted by Crippen LogP contribution is -2.39.